The maximum absolute atomic E-state index is 10.5. The third-order valence-corrected chi connectivity index (χ3v) is 2.03. The summed E-state index contributed by atoms with van der Waals surface area (Å²) in [5, 5.41) is 18.1. The van der Waals surface area contributed by atoms with Crippen molar-refractivity contribution < 1.29 is 19.7 Å². The molecular formula is C9H18O4. The highest BCUT2D eigenvalue weighted by atomic mass is 16.5. The molecule has 0 aromatic heterocycles. The van der Waals surface area contributed by atoms with Crippen LogP contribution in [0.15, 0.2) is 0 Å². The molecule has 0 saturated heterocycles. The van der Waals surface area contributed by atoms with Gasteiger partial charge in [-0.15, -0.1) is 0 Å². The van der Waals surface area contributed by atoms with Gasteiger partial charge >= 0.3 is 5.97 Å². The summed E-state index contributed by atoms with van der Waals surface area (Å²) in [7, 11) is 0. The first-order valence-electron chi connectivity index (χ1n) is 4.45. The molecular weight excluding hydrogens is 172 g/mol. The van der Waals surface area contributed by atoms with Crippen LogP contribution in [-0.4, -0.2) is 36.0 Å². The molecule has 0 aromatic rings. The molecule has 0 radical (unpaired) electrons. The molecule has 4 heteroatoms. The molecule has 0 fully saturated rings. The molecule has 0 spiro atoms. The first-order chi connectivity index (χ1) is 6.10. The highest BCUT2D eigenvalue weighted by Crippen LogP contribution is 2.23. The van der Waals surface area contributed by atoms with E-state index in [1.165, 1.54) is 6.92 Å². The summed E-state index contributed by atoms with van der Waals surface area (Å²) in [4.78, 5) is 10.5. The number of aliphatic hydroxyl groups is 2. The summed E-state index contributed by atoms with van der Waals surface area (Å²) in [6.45, 7) is 3.03. The summed E-state index contributed by atoms with van der Waals surface area (Å²) in [6.07, 6.45) is 1.48. The third kappa shape index (κ3) is 4.24. The maximum Gasteiger partial charge on any atom is 0.302 e. The molecule has 0 saturated carbocycles. The van der Waals surface area contributed by atoms with Crippen LogP contribution in [0.25, 0.3) is 0 Å². The van der Waals surface area contributed by atoms with Gasteiger partial charge in [0.25, 0.3) is 0 Å². The van der Waals surface area contributed by atoms with Gasteiger partial charge in [-0.3, -0.25) is 4.79 Å². The zero-order valence-corrected chi connectivity index (χ0v) is 8.25. The Morgan fingerprint density at radius 2 is 1.92 bits per heavy atom. The predicted octanol–water partition coefficient (Wildman–Crippen LogP) is 0.321. The minimum absolute atomic E-state index is 0.0865. The first kappa shape index (κ1) is 12.4. The highest BCUT2D eigenvalue weighted by molar-refractivity contribution is 5.65. The Balaban J connectivity index is 4.12. The maximum atomic E-state index is 10.5. The minimum Gasteiger partial charge on any atom is -0.465 e. The van der Waals surface area contributed by atoms with Crippen molar-refractivity contribution in [3.05, 3.63) is 0 Å². The van der Waals surface area contributed by atoms with Gasteiger partial charge in [-0.05, 0) is 6.42 Å². The Morgan fingerprint density at radius 1 is 1.38 bits per heavy atom. The van der Waals surface area contributed by atoms with Crippen LogP contribution in [0.3, 0.4) is 0 Å². The van der Waals surface area contributed by atoms with Crippen molar-refractivity contribution in [1.82, 2.24) is 0 Å². The molecule has 0 aliphatic rings. The van der Waals surface area contributed by atoms with Crippen molar-refractivity contribution >= 4 is 5.97 Å². The quantitative estimate of drug-likeness (QED) is 0.592. The first-order valence-corrected chi connectivity index (χ1v) is 4.45. The molecule has 0 rings (SSSR count). The lowest BCUT2D eigenvalue weighted by molar-refractivity contribution is -0.147. The lowest BCUT2D eigenvalue weighted by Gasteiger charge is -2.28. The largest absolute Gasteiger partial charge is 0.465 e. The van der Waals surface area contributed by atoms with Gasteiger partial charge in [-0.25, -0.2) is 0 Å². The zero-order valence-electron chi connectivity index (χ0n) is 8.25. The van der Waals surface area contributed by atoms with Gasteiger partial charge in [0, 0.05) is 6.92 Å². The summed E-state index contributed by atoms with van der Waals surface area (Å²) in [5.41, 5.74) is -0.666. The Labute approximate surface area is 78.5 Å². The second-order valence-corrected chi connectivity index (χ2v) is 3.35. The van der Waals surface area contributed by atoms with Gasteiger partial charge in [0.1, 0.15) is 6.61 Å². The molecule has 2 N–H and O–H groups in total. The fraction of sp³-hybridized carbons (Fsp3) is 0.889. The number of esters is 1. The fourth-order valence-electron chi connectivity index (χ4n) is 1.16. The molecule has 4 nitrogen and oxygen atoms in total. The molecule has 0 bridgehead atoms. The number of ether oxygens (including phenoxy) is 1. The van der Waals surface area contributed by atoms with Gasteiger partial charge in [-0.1, -0.05) is 13.3 Å². The second-order valence-electron chi connectivity index (χ2n) is 3.35. The van der Waals surface area contributed by atoms with Gasteiger partial charge in [0.15, 0.2) is 0 Å². The van der Waals surface area contributed by atoms with Crippen LogP contribution in [0.2, 0.25) is 0 Å². The van der Waals surface area contributed by atoms with Crippen LogP contribution in [0.1, 0.15) is 26.7 Å². The van der Waals surface area contributed by atoms with Gasteiger partial charge in [-0.2, -0.15) is 0 Å². The highest BCUT2D eigenvalue weighted by Gasteiger charge is 2.29. The topological polar surface area (TPSA) is 66.8 Å². The van der Waals surface area contributed by atoms with E-state index in [4.69, 9.17) is 14.9 Å². The molecule has 0 amide bonds. The van der Waals surface area contributed by atoms with E-state index in [0.29, 0.717) is 6.42 Å². The molecule has 78 valence electrons. The van der Waals surface area contributed by atoms with E-state index in [9.17, 15) is 4.79 Å². The van der Waals surface area contributed by atoms with Crippen molar-refractivity contribution in [1.29, 1.82) is 0 Å². The van der Waals surface area contributed by atoms with E-state index in [0.717, 1.165) is 6.42 Å². The van der Waals surface area contributed by atoms with Crippen molar-refractivity contribution in [2.75, 3.05) is 19.8 Å². The van der Waals surface area contributed by atoms with Crippen LogP contribution in [0.5, 0.6) is 0 Å². The van der Waals surface area contributed by atoms with Crippen molar-refractivity contribution in [3.8, 4) is 0 Å². The Bertz CT molecular complexity index is 152. The number of hydrogen-bond acceptors (Lipinski definition) is 4. The van der Waals surface area contributed by atoms with E-state index < -0.39 is 5.41 Å². The summed E-state index contributed by atoms with van der Waals surface area (Å²) in [6, 6.07) is 0. The normalized spacial score (nSPS) is 11.4. The van der Waals surface area contributed by atoms with Crippen LogP contribution in [0.4, 0.5) is 0 Å². The number of carbonyl (C=O) groups excluding carboxylic acids is 1. The van der Waals surface area contributed by atoms with Gasteiger partial charge in [0.2, 0.25) is 0 Å². The average molecular weight is 190 g/mol. The summed E-state index contributed by atoms with van der Waals surface area (Å²) >= 11 is 0. The van der Waals surface area contributed by atoms with E-state index in [2.05, 4.69) is 0 Å². The Kier molecular flexibility index (Phi) is 5.66. The lowest BCUT2D eigenvalue weighted by Crippen LogP contribution is -2.35. The zero-order chi connectivity index (χ0) is 10.3. The standard InChI is InChI=1S/C9H18O4/c1-3-4-9(5-10,6-11)7-13-8(2)12/h10-11H,3-7H2,1-2H3. The summed E-state index contributed by atoms with van der Waals surface area (Å²) in [5.74, 6) is -0.387. The Morgan fingerprint density at radius 3 is 2.23 bits per heavy atom. The van der Waals surface area contributed by atoms with Gasteiger partial charge < -0.3 is 14.9 Å². The number of rotatable bonds is 6. The van der Waals surface area contributed by atoms with Crippen molar-refractivity contribution in [2.24, 2.45) is 5.41 Å². The number of carbonyl (C=O) groups is 1. The second kappa shape index (κ2) is 5.94. The van der Waals surface area contributed by atoms with Crippen LogP contribution in [0, 0.1) is 5.41 Å². The molecule has 0 heterocycles. The van der Waals surface area contributed by atoms with Crippen molar-refractivity contribution in [2.45, 2.75) is 26.7 Å². The van der Waals surface area contributed by atoms with Crippen molar-refractivity contribution in [3.63, 3.8) is 0 Å². The lowest BCUT2D eigenvalue weighted by atomic mass is 9.86. The molecule has 0 aromatic carbocycles. The van der Waals surface area contributed by atoms with E-state index in [1.807, 2.05) is 6.92 Å². The van der Waals surface area contributed by atoms with E-state index in [1.54, 1.807) is 0 Å². The molecule has 0 aliphatic heterocycles. The SMILES string of the molecule is CCCC(CO)(CO)COC(C)=O. The van der Waals surface area contributed by atoms with Crippen LogP contribution >= 0.6 is 0 Å². The van der Waals surface area contributed by atoms with Crippen LogP contribution in [-0.2, 0) is 9.53 Å². The van der Waals surface area contributed by atoms with Crippen LogP contribution < -0.4 is 0 Å². The number of aliphatic hydroxyl groups excluding tert-OH is 2. The molecule has 0 aliphatic carbocycles. The smallest absolute Gasteiger partial charge is 0.302 e. The number of hydrogen-bond donors (Lipinski definition) is 2. The minimum atomic E-state index is -0.666. The van der Waals surface area contributed by atoms with E-state index in [-0.39, 0.29) is 25.8 Å². The predicted molar refractivity (Wildman–Crippen MR) is 48.1 cm³/mol. The molecule has 0 unspecified atom stereocenters. The summed E-state index contributed by atoms with van der Waals surface area (Å²) < 4.78 is 4.78. The fourth-order valence-corrected chi connectivity index (χ4v) is 1.16. The third-order valence-electron chi connectivity index (χ3n) is 2.03. The van der Waals surface area contributed by atoms with Gasteiger partial charge in [0.05, 0.1) is 18.6 Å². The monoisotopic (exact) mass is 190 g/mol. The molecule has 13 heavy (non-hydrogen) atoms. The van der Waals surface area contributed by atoms with E-state index >= 15 is 0 Å². The average Bonchev–Trinajstić information content (AvgIpc) is 2.12. The molecule has 0 atom stereocenters. The Hall–Kier alpha value is -0.610.